The average molecular weight is 243 g/mol. The maximum atomic E-state index is 11.7. The van der Waals surface area contributed by atoms with Gasteiger partial charge in [0.15, 0.2) is 0 Å². The quantitative estimate of drug-likeness (QED) is 0.864. The Hall–Kier alpha value is -1.94. The van der Waals surface area contributed by atoms with E-state index in [2.05, 4.69) is 15.6 Å². The van der Waals surface area contributed by atoms with E-state index in [1.807, 2.05) is 44.3 Å². The molecule has 0 spiro atoms. The summed E-state index contributed by atoms with van der Waals surface area (Å²) in [7, 11) is 1.83. The smallest absolute Gasteiger partial charge is 0.225 e. The molecule has 18 heavy (non-hydrogen) atoms. The third kappa shape index (κ3) is 2.84. The first-order valence-electron chi connectivity index (χ1n) is 6.01. The van der Waals surface area contributed by atoms with Crippen molar-refractivity contribution in [1.82, 2.24) is 10.3 Å². The fourth-order valence-corrected chi connectivity index (χ4v) is 1.80. The topological polar surface area (TPSA) is 54.0 Å². The minimum absolute atomic E-state index is 0.000145. The van der Waals surface area contributed by atoms with Crippen molar-refractivity contribution >= 4 is 22.5 Å². The molecule has 1 aromatic heterocycles. The summed E-state index contributed by atoms with van der Waals surface area (Å²) in [5, 5.41) is 6.89. The third-order valence-electron chi connectivity index (χ3n) is 2.74. The molecule has 0 fully saturated rings. The van der Waals surface area contributed by atoms with E-state index in [4.69, 9.17) is 0 Å². The second-order valence-electron chi connectivity index (χ2n) is 4.23. The van der Waals surface area contributed by atoms with E-state index in [0.717, 1.165) is 22.3 Å². The van der Waals surface area contributed by atoms with Crippen molar-refractivity contribution in [2.45, 2.75) is 13.3 Å². The number of fused-ring (bicyclic) bond motifs is 1. The van der Waals surface area contributed by atoms with Gasteiger partial charge in [0.05, 0.1) is 11.2 Å². The lowest BCUT2D eigenvalue weighted by molar-refractivity contribution is -0.116. The van der Waals surface area contributed by atoms with E-state index in [0.29, 0.717) is 13.0 Å². The van der Waals surface area contributed by atoms with Gasteiger partial charge in [-0.25, -0.2) is 0 Å². The van der Waals surface area contributed by atoms with Crippen LogP contribution in [0.2, 0.25) is 0 Å². The molecule has 2 aromatic rings. The van der Waals surface area contributed by atoms with E-state index in [-0.39, 0.29) is 5.91 Å². The molecule has 2 rings (SSSR count). The number of hydrogen-bond donors (Lipinski definition) is 2. The Morgan fingerprint density at radius 1 is 1.28 bits per heavy atom. The van der Waals surface area contributed by atoms with Crippen molar-refractivity contribution in [2.24, 2.45) is 0 Å². The number of pyridine rings is 1. The van der Waals surface area contributed by atoms with Crippen LogP contribution >= 0.6 is 0 Å². The van der Waals surface area contributed by atoms with E-state index in [1.54, 1.807) is 0 Å². The van der Waals surface area contributed by atoms with Crippen molar-refractivity contribution in [2.75, 3.05) is 18.9 Å². The highest BCUT2D eigenvalue weighted by molar-refractivity contribution is 6.00. The van der Waals surface area contributed by atoms with Crippen LogP contribution in [0.1, 0.15) is 12.1 Å². The Morgan fingerprint density at radius 2 is 2.11 bits per heavy atom. The highest BCUT2D eigenvalue weighted by Gasteiger charge is 2.06. The molecule has 2 N–H and O–H groups in total. The monoisotopic (exact) mass is 243 g/mol. The first-order chi connectivity index (χ1) is 8.70. The Bertz CT molecular complexity index is 566. The first kappa shape index (κ1) is 12.5. The van der Waals surface area contributed by atoms with Gasteiger partial charge in [0.1, 0.15) is 0 Å². The molecule has 0 aliphatic rings. The Kier molecular flexibility index (Phi) is 3.89. The van der Waals surface area contributed by atoms with Crippen LogP contribution in [-0.2, 0) is 4.79 Å². The lowest BCUT2D eigenvalue weighted by Gasteiger charge is -2.08. The van der Waals surface area contributed by atoms with Gasteiger partial charge in [0, 0.05) is 24.0 Å². The number of nitrogens with zero attached hydrogens (tertiary/aromatic N) is 1. The van der Waals surface area contributed by atoms with Crippen molar-refractivity contribution in [1.29, 1.82) is 0 Å². The zero-order chi connectivity index (χ0) is 13.0. The minimum Gasteiger partial charge on any atom is -0.324 e. The molecule has 4 nitrogen and oxygen atoms in total. The predicted octanol–water partition coefficient (Wildman–Crippen LogP) is 2.09. The normalized spacial score (nSPS) is 10.6. The average Bonchev–Trinajstić information content (AvgIpc) is 2.37. The molecule has 0 aliphatic carbocycles. The molecule has 0 radical (unpaired) electrons. The molecule has 0 atom stereocenters. The number of aryl methyl sites for hydroxylation is 1. The Morgan fingerprint density at radius 3 is 2.89 bits per heavy atom. The zero-order valence-electron chi connectivity index (χ0n) is 10.7. The van der Waals surface area contributed by atoms with Crippen LogP contribution in [-0.4, -0.2) is 24.5 Å². The van der Waals surface area contributed by atoms with Crippen LogP contribution in [0.25, 0.3) is 10.9 Å². The van der Waals surface area contributed by atoms with Gasteiger partial charge in [-0.05, 0) is 26.1 Å². The molecule has 4 heteroatoms. The second-order valence-corrected chi connectivity index (χ2v) is 4.23. The van der Waals surface area contributed by atoms with Gasteiger partial charge in [0.2, 0.25) is 5.91 Å². The molecular formula is C14H17N3O. The van der Waals surface area contributed by atoms with Crippen LogP contribution in [0.15, 0.2) is 30.3 Å². The number of aromatic nitrogens is 1. The van der Waals surface area contributed by atoms with Crippen LogP contribution in [0.4, 0.5) is 5.69 Å². The minimum atomic E-state index is 0.000145. The SMILES string of the molecule is CNCCC(=O)Nc1cccc2ccc(C)nc12. The highest BCUT2D eigenvalue weighted by atomic mass is 16.1. The lowest BCUT2D eigenvalue weighted by atomic mass is 10.1. The van der Waals surface area contributed by atoms with E-state index < -0.39 is 0 Å². The van der Waals surface area contributed by atoms with E-state index in [9.17, 15) is 4.79 Å². The van der Waals surface area contributed by atoms with Crippen LogP contribution < -0.4 is 10.6 Å². The molecule has 94 valence electrons. The maximum absolute atomic E-state index is 11.7. The molecular weight excluding hydrogens is 226 g/mol. The summed E-state index contributed by atoms with van der Waals surface area (Å²) in [6, 6.07) is 9.78. The summed E-state index contributed by atoms with van der Waals surface area (Å²) >= 11 is 0. The number of amides is 1. The van der Waals surface area contributed by atoms with Gasteiger partial charge >= 0.3 is 0 Å². The van der Waals surface area contributed by atoms with Gasteiger partial charge in [0.25, 0.3) is 0 Å². The molecule has 1 heterocycles. The summed E-state index contributed by atoms with van der Waals surface area (Å²) in [5.41, 5.74) is 2.56. The van der Waals surface area contributed by atoms with Crippen molar-refractivity contribution in [3.63, 3.8) is 0 Å². The number of anilines is 1. The van der Waals surface area contributed by atoms with Crippen molar-refractivity contribution in [3.8, 4) is 0 Å². The second kappa shape index (κ2) is 5.60. The van der Waals surface area contributed by atoms with Crippen molar-refractivity contribution in [3.05, 3.63) is 36.0 Å². The molecule has 0 aliphatic heterocycles. The lowest BCUT2D eigenvalue weighted by Crippen LogP contribution is -2.18. The number of hydrogen-bond acceptors (Lipinski definition) is 3. The van der Waals surface area contributed by atoms with E-state index in [1.165, 1.54) is 0 Å². The van der Waals surface area contributed by atoms with Gasteiger partial charge < -0.3 is 10.6 Å². The third-order valence-corrected chi connectivity index (χ3v) is 2.74. The predicted molar refractivity (Wildman–Crippen MR) is 73.7 cm³/mol. The summed E-state index contributed by atoms with van der Waals surface area (Å²) in [4.78, 5) is 16.2. The summed E-state index contributed by atoms with van der Waals surface area (Å²) in [5.74, 6) is 0.000145. The molecule has 1 amide bonds. The molecule has 1 aromatic carbocycles. The number of para-hydroxylation sites is 1. The van der Waals surface area contributed by atoms with Crippen LogP contribution in [0, 0.1) is 6.92 Å². The summed E-state index contributed by atoms with van der Waals surface area (Å²) in [6.45, 7) is 2.61. The standard InChI is InChI=1S/C14H17N3O/c1-10-6-7-11-4-3-5-12(14(11)16-10)17-13(18)8-9-15-2/h3-7,15H,8-9H2,1-2H3,(H,17,18). The first-order valence-corrected chi connectivity index (χ1v) is 6.01. The number of carbonyl (C=O) groups excluding carboxylic acids is 1. The summed E-state index contributed by atoms with van der Waals surface area (Å²) < 4.78 is 0. The van der Waals surface area contributed by atoms with Gasteiger partial charge in [-0.2, -0.15) is 0 Å². The number of carbonyl (C=O) groups is 1. The van der Waals surface area contributed by atoms with Gasteiger partial charge in [-0.3, -0.25) is 9.78 Å². The van der Waals surface area contributed by atoms with Crippen LogP contribution in [0.5, 0.6) is 0 Å². The molecule has 0 bridgehead atoms. The highest BCUT2D eigenvalue weighted by Crippen LogP contribution is 2.21. The molecule has 0 saturated carbocycles. The number of benzene rings is 1. The Balaban J connectivity index is 2.27. The van der Waals surface area contributed by atoms with Crippen LogP contribution in [0.3, 0.4) is 0 Å². The fourth-order valence-electron chi connectivity index (χ4n) is 1.80. The largest absolute Gasteiger partial charge is 0.324 e. The maximum Gasteiger partial charge on any atom is 0.225 e. The number of rotatable bonds is 4. The molecule has 0 saturated heterocycles. The Labute approximate surface area is 106 Å². The zero-order valence-corrected chi connectivity index (χ0v) is 10.7. The van der Waals surface area contributed by atoms with Crippen molar-refractivity contribution < 1.29 is 4.79 Å². The van der Waals surface area contributed by atoms with Gasteiger partial charge in [-0.1, -0.05) is 18.2 Å². The fraction of sp³-hybridized carbons (Fsp3) is 0.286. The van der Waals surface area contributed by atoms with E-state index >= 15 is 0 Å². The summed E-state index contributed by atoms with van der Waals surface area (Å²) in [6.07, 6.45) is 0.457. The molecule has 0 unspecified atom stereocenters. The van der Waals surface area contributed by atoms with Gasteiger partial charge in [-0.15, -0.1) is 0 Å². The number of nitrogens with one attached hydrogen (secondary N) is 2.